The van der Waals surface area contributed by atoms with E-state index in [1.807, 2.05) is 6.92 Å². The van der Waals surface area contributed by atoms with Crippen LogP contribution < -0.4 is 4.90 Å². The van der Waals surface area contributed by atoms with Crippen molar-refractivity contribution < 1.29 is 8.78 Å². The van der Waals surface area contributed by atoms with E-state index < -0.39 is 0 Å². The van der Waals surface area contributed by atoms with Crippen molar-refractivity contribution in [1.82, 2.24) is 0 Å². The number of nitrogens with zero attached hydrogens (tertiary/aromatic N) is 2. The first-order valence-corrected chi connectivity index (χ1v) is 9.45. The van der Waals surface area contributed by atoms with Crippen LogP contribution in [-0.2, 0) is 0 Å². The van der Waals surface area contributed by atoms with Crippen molar-refractivity contribution in [2.24, 2.45) is 0 Å². The summed E-state index contributed by atoms with van der Waals surface area (Å²) in [5.74, 6) is -0.749. The monoisotopic (exact) mass is 378 g/mol. The van der Waals surface area contributed by atoms with Crippen LogP contribution in [0.1, 0.15) is 50.8 Å². The minimum atomic E-state index is -0.375. The Morgan fingerprint density at radius 1 is 1.18 bits per heavy atom. The van der Waals surface area contributed by atoms with Gasteiger partial charge in [-0.25, -0.2) is 8.78 Å². The van der Waals surface area contributed by atoms with Crippen molar-refractivity contribution in [3.63, 3.8) is 0 Å². The Hall–Kier alpha value is -2.93. The summed E-state index contributed by atoms with van der Waals surface area (Å²) < 4.78 is 28.2. The lowest BCUT2D eigenvalue weighted by Crippen LogP contribution is -2.45. The molecular weight excluding hydrogens is 354 g/mol. The van der Waals surface area contributed by atoms with Gasteiger partial charge in [-0.15, -0.1) is 0 Å². The van der Waals surface area contributed by atoms with Gasteiger partial charge < -0.3 is 4.90 Å². The Morgan fingerprint density at radius 3 is 2.46 bits per heavy atom. The molecule has 0 aliphatic carbocycles. The van der Waals surface area contributed by atoms with Gasteiger partial charge >= 0.3 is 0 Å². The molecule has 0 fully saturated rings. The van der Waals surface area contributed by atoms with Crippen LogP contribution in [0.5, 0.6) is 0 Å². The molecular formula is C24H24F2N2. The Balaban J connectivity index is 2.12. The zero-order chi connectivity index (χ0) is 20.5. The third-order valence-corrected chi connectivity index (χ3v) is 5.12. The second kappa shape index (κ2) is 7.59. The fraction of sp³-hybridized carbons (Fsp3) is 0.292. The molecule has 3 rings (SSSR count). The number of fused-ring (bicyclic) bond motifs is 1. The van der Waals surface area contributed by atoms with Gasteiger partial charge in [0.15, 0.2) is 0 Å². The predicted octanol–water partition coefficient (Wildman–Crippen LogP) is 6.44. The molecule has 1 aliphatic rings. The van der Waals surface area contributed by atoms with Crippen molar-refractivity contribution in [3.8, 4) is 6.07 Å². The minimum absolute atomic E-state index is 0.192. The van der Waals surface area contributed by atoms with Crippen molar-refractivity contribution in [2.75, 3.05) is 11.4 Å². The molecule has 0 spiro atoms. The minimum Gasteiger partial charge on any atom is -0.362 e. The third-order valence-electron chi connectivity index (χ3n) is 5.12. The number of hydrogen-bond donors (Lipinski definition) is 0. The molecule has 2 aromatic carbocycles. The number of nitriles is 1. The number of benzene rings is 2. The van der Waals surface area contributed by atoms with Gasteiger partial charge in [-0.05, 0) is 68.7 Å². The molecule has 144 valence electrons. The van der Waals surface area contributed by atoms with Crippen molar-refractivity contribution >= 4 is 22.9 Å². The van der Waals surface area contributed by atoms with Gasteiger partial charge in [0.25, 0.3) is 0 Å². The molecule has 0 saturated heterocycles. The number of halogens is 2. The molecule has 2 aromatic rings. The van der Waals surface area contributed by atoms with E-state index in [9.17, 15) is 14.0 Å². The normalized spacial score (nSPS) is 15.7. The molecule has 0 amide bonds. The maximum atomic E-state index is 15.0. The molecule has 0 atom stereocenters. The van der Waals surface area contributed by atoms with E-state index in [1.165, 1.54) is 30.3 Å². The first-order chi connectivity index (χ1) is 13.3. The molecule has 1 aliphatic heterocycles. The highest BCUT2D eigenvalue weighted by molar-refractivity contribution is 5.91. The van der Waals surface area contributed by atoms with Gasteiger partial charge in [0.2, 0.25) is 0 Å². The summed E-state index contributed by atoms with van der Waals surface area (Å²) in [7, 11) is 0. The summed E-state index contributed by atoms with van der Waals surface area (Å²) in [6.07, 6.45) is 4.68. The van der Waals surface area contributed by atoms with Crippen LogP contribution in [0.3, 0.4) is 0 Å². The van der Waals surface area contributed by atoms with Gasteiger partial charge in [0.1, 0.15) is 11.6 Å². The Morgan fingerprint density at radius 2 is 1.86 bits per heavy atom. The first kappa shape index (κ1) is 19.8. The van der Waals surface area contributed by atoms with E-state index >= 15 is 0 Å². The van der Waals surface area contributed by atoms with Crippen LogP contribution in [0.25, 0.3) is 17.2 Å². The first-order valence-electron chi connectivity index (χ1n) is 9.45. The van der Waals surface area contributed by atoms with Crippen LogP contribution in [-0.4, -0.2) is 12.1 Å². The van der Waals surface area contributed by atoms with E-state index in [0.29, 0.717) is 16.7 Å². The molecule has 0 aromatic heterocycles. The quantitative estimate of drug-likeness (QED) is 0.452. The summed E-state index contributed by atoms with van der Waals surface area (Å²) in [5, 5.41) is 9.52. The second-order valence-electron chi connectivity index (χ2n) is 7.70. The van der Waals surface area contributed by atoms with Crippen LogP contribution in [0, 0.1) is 23.0 Å². The van der Waals surface area contributed by atoms with Gasteiger partial charge in [-0.2, -0.15) is 5.26 Å². The fourth-order valence-electron chi connectivity index (χ4n) is 3.82. The van der Waals surface area contributed by atoms with Crippen LogP contribution >= 0.6 is 0 Å². The second-order valence-corrected chi connectivity index (χ2v) is 7.70. The van der Waals surface area contributed by atoms with E-state index in [1.54, 1.807) is 12.1 Å². The number of anilines is 1. The van der Waals surface area contributed by atoms with E-state index in [2.05, 4.69) is 37.8 Å². The molecule has 2 nitrogen and oxygen atoms in total. The largest absolute Gasteiger partial charge is 0.362 e. The van der Waals surface area contributed by atoms with Crippen molar-refractivity contribution in [2.45, 2.75) is 39.7 Å². The maximum Gasteiger partial charge on any atom is 0.132 e. The van der Waals surface area contributed by atoms with Crippen LogP contribution in [0.4, 0.5) is 14.5 Å². The number of rotatable bonds is 4. The molecule has 0 unspecified atom stereocenters. The third kappa shape index (κ3) is 3.71. The SMILES string of the molecule is CCCN1c2cc(F)c(/C=C(\C#N)c3ccc(F)cc3)cc2C(C)=CC1(C)C. The lowest BCUT2D eigenvalue weighted by Gasteiger charge is -2.43. The summed E-state index contributed by atoms with van der Waals surface area (Å²) in [6, 6.07) is 11.1. The Bertz CT molecular complexity index is 993. The molecule has 0 bridgehead atoms. The summed E-state index contributed by atoms with van der Waals surface area (Å²) in [6.45, 7) is 9.22. The van der Waals surface area contributed by atoms with Gasteiger partial charge in [-0.3, -0.25) is 0 Å². The molecule has 0 saturated carbocycles. The highest BCUT2D eigenvalue weighted by Gasteiger charge is 2.31. The smallest absolute Gasteiger partial charge is 0.132 e. The molecule has 1 heterocycles. The predicted molar refractivity (Wildman–Crippen MR) is 112 cm³/mol. The highest BCUT2D eigenvalue weighted by atomic mass is 19.1. The average molecular weight is 378 g/mol. The maximum absolute atomic E-state index is 15.0. The standard InChI is InChI=1S/C24H24F2N2/c1-5-10-28-23-13-22(26)18(12-21(23)16(2)14-24(28,3)4)11-19(15-27)17-6-8-20(25)9-7-17/h6-9,11-14H,5,10H2,1-4H3/b19-11+. The van der Waals surface area contributed by atoms with Crippen molar-refractivity contribution in [3.05, 3.63) is 70.8 Å². The van der Waals surface area contributed by atoms with E-state index in [-0.39, 0.29) is 17.2 Å². The lowest BCUT2D eigenvalue weighted by molar-refractivity contribution is 0.546. The Kier molecular flexibility index (Phi) is 5.38. The number of allylic oxidation sites excluding steroid dienone is 2. The van der Waals surface area contributed by atoms with Gasteiger partial charge in [-0.1, -0.05) is 25.1 Å². The van der Waals surface area contributed by atoms with E-state index in [4.69, 9.17) is 0 Å². The highest BCUT2D eigenvalue weighted by Crippen LogP contribution is 2.40. The van der Waals surface area contributed by atoms with E-state index in [0.717, 1.165) is 29.8 Å². The average Bonchev–Trinajstić information content (AvgIpc) is 2.64. The van der Waals surface area contributed by atoms with Crippen LogP contribution in [0.15, 0.2) is 42.5 Å². The molecule has 0 radical (unpaired) electrons. The molecule has 4 heteroatoms. The fourth-order valence-corrected chi connectivity index (χ4v) is 3.82. The molecule has 28 heavy (non-hydrogen) atoms. The lowest BCUT2D eigenvalue weighted by atomic mass is 9.87. The zero-order valence-corrected chi connectivity index (χ0v) is 16.7. The van der Waals surface area contributed by atoms with Gasteiger partial charge in [0, 0.05) is 23.4 Å². The number of hydrogen-bond acceptors (Lipinski definition) is 2. The summed E-state index contributed by atoms with van der Waals surface area (Å²) in [4.78, 5) is 2.22. The van der Waals surface area contributed by atoms with Crippen molar-refractivity contribution in [1.29, 1.82) is 5.26 Å². The topological polar surface area (TPSA) is 27.0 Å². The molecule has 0 N–H and O–H groups in total. The summed E-state index contributed by atoms with van der Waals surface area (Å²) in [5.41, 5.74) is 3.94. The Labute approximate surface area is 165 Å². The van der Waals surface area contributed by atoms with Crippen LogP contribution in [0.2, 0.25) is 0 Å². The summed E-state index contributed by atoms with van der Waals surface area (Å²) >= 11 is 0. The van der Waals surface area contributed by atoms with Gasteiger partial charge in [0.05, 0.1) is 17.2 Å². The zero-order valence-electron chi connectivity index (χ0n) is 16.7.